The van der Waals surface area contributed by atoms with Gasteiger partial charge in [0.2, 0.25) is 11.9 Å². The molecule has 39 heteroatoms. The number of nitrogens with zero attached hydrogens (tertiary/aromatic N) is 10. The Hall–Kier alpha value is -6.89. The summed E-state index contributed by atoms with van der Waals surface area (Å²) >= 11 is 3.26. The molecule has 0 spiro atoms. The Morgan fingerprint density at radius 3 is 1.54 bits per heavy atom. The minimum absolute atomic E-state index is 0.0266. The van der Waals surface area contributed by atoms with E-state index in [1.807, 2.05) is 0 Å². The maximum absolute atomic E-state index is 12.2. The van der Waals surface area contributed by atoms with Gasteiger partial charge in [-0.3, -0.25) is 32.9 Å². The zero-order valence-corrected chi connectivity index (χ0v) is 49.3. The molecule has 0 amide bonds. The number of aromatic hydroxyl groups is 1. The lowest BCUT2D eigenvalue weighted by Gasteiger charge is -2.14. The third-order valence-corrected chi connectivity index (χ3v) is 18.1. The topological polar surface area (TPSA) is 498 Å². The van der Waals surface area contributed by atoms with Gasteiger partial charge in [0.15, 0.2) is 0 Å². The van der Waals surface area contributed by atoms with E-state index in [0.29, 0.717) is 33.5 Å². The van der Waals surface area contributed by atoms with Gasteiger partial charge in [-0.1, -0.05) is 6.07 Å². The maximum atomic E-state index is 12.2. The number of nitrogens with one attached hydrogen (secondary N) is 2. The van der Waals surface area contributed by atoms with Crippen LogP contribution in [0.15, 0.2) is 134 Å². The average molecular weight is 1300 g/mol. The molecule has 0 saturated carbocycles. The summed E-state index contributed by atoms with van der Waals surface area (Å²) in [7, 11) is -22.7. The molecule has 1 heterocycles. The van der Waals surface area contributed by atoms with Crippen LogP contribution in [-0.2, 0) is 50.6 Å². The van der Waals surface area contributed by atoms with Crippen molar-refractivity contribution in [2.75, 3.05) is 50.9 Å². The lowest BCUT2D eigenvalue weighted by molar-refractivity contribution is -0.385. The summed E-state index contributed by atoms with van der Waals surface area (Å²) in [5, 5.41) is 53.8. The quantitative estimate of drug-likeness (QED) is 0.00419. The number of hydrogen-bond donors (Lipinski definition) is 9. The summed E-state index contributed by atoms with van der Waals surface area (Å²) in [6, 6.07) is 15.4. The number of nitro groups is 1. The molecular formula is C44H47N13O18S8. The van der Waals surface area contributed by atoms with Crippen LogP contribution in [0.5, 0.6) is 6.01 Å². The van der Waals surface area contributed by atoms with E-state index in [9.17, 15) is 80.1 Å². The Balaban J connectivity index is 1.51. The zero-order chi connectivity index (χ0) is 61.1. The number of non-ortho nitro benzene ring substituents is 1. The van der Waals surface area contributed by atoms with Crippen LogP contribution in [0.3, 0.4) is 0 Å². The highest BCUT2D eigenvalue weighted by molar-refractivity contribution is 8.00. The van der Waals surface area contributed by atoms with E-state index in [1.54, 1.807) is 26.0 Å². The number of anilines is 5. The zero-order valence-electron chi connectivity index (χ0n) is 42.8. The molecule has 0 bridgehead atoms. The van der Waals surface area contributed by atoms with Gasteiger partial charge in [-0.25, -0.2) is 0 Å². The molecule has 5 aromatic carbocycles. The van der Waals surface area contributed by atoms with Crippen molar-refractivity contribution >= 4 is 155 Å². The van der Waals surface area contributed by atoms with Crippen molar-refractivity contribution in [3.05, 3.63) is 100 Å². The van der Waals surface area contributed by atoms with Crippen molar-refractivity contribution in [1.82, 2.24) is 15.0 Å². The fourth-order valence-electron chi connectivity index (χ4n) is 6.79. The second-order valence-electron chi connectivity index (χ2n) is 17.1. The molecule has 0 aliphatic heterocycles. The molecule has 31 nitrogen and oxygen atoms in total. The van der Waals surface area contributed by atoms with E-state index in [-0.39, 0.29) is 92.3 Å². The molecule has 10 N–H and O–H groups in total. The van der Waals surface area contributed by atoms with Crippen LogP contribution in [0.1, 0.15) is 30.4 Å². The van der Waals surface area contributed by atoms with Crippen LogP contribution in [0.25, 0.3) is 0 Å². The average Bonchev–Trinajstić information content (AvgIpc) is 3.49. The molecular weight excluding hydrogens is 1260 g/mol. The monoisotopic (exact) mass is 1300 g/mol. The normalized spacial score (nSPS) is 12.7. The maximum Gasteiger partial charge on any atom is 0.320 e. The number of nitrogen functional groups attached to an aromatic ring is 1. The minimum atomic E-state index is -5.06. The van der Waals surface area contributed by atoms with E-state index in [1.165, 1.54) is 48.2 Å². The third-order valence-electron chi connectivity index (χ3n) is 10.6. The van der Waals surface area contributed by atoms with Gasteiger partial charge in [0.1, 0.15) is 22.0 Å². The van der Waals surface area contributed by atoms with Gasteiger partial charge in [0.25, 0.3) is 56.3 Å². The van der Waals surface area contributed by atoms with Crippen LogP contribution in [0.2, 0.25) is 0 Å². The molecule has 0 radical (unpaired) electrons. The van der Waals surface area contributed by atoms with E-state index in [4.69, 9.17) is 5.73 Å². The highest BCUT2D eigenvalue weighted by atomic mass is 32.2. The van der Waals surface area contributed by atoms with Gasteiger partial charge in [0.05, 0.1) is 49.8 Å². The number of nitrogens with two attached hydrogens (primary N) is 1. The summed E-state index contributed by atoms with van der Waals surface area (Å²) in [6.07, 6.45) is -0.0596. The first-order valence-electron chi connectivity index (χ1n) is 23.2. The largest absolute Gasteiger partial charge is 0.479 e. The van der Waals surface area contributed by atoms with Crippen LogP contribution >= 0.6 is 35.3 Å². The predicted molar refractivity (Wildman–Crippen MR) is 308 cm³/mol. The number of thioether (sulfide) groups is 3. The second kappa shape index (κ2) is 27.7. The fourth-order valence-corrected chi connectivity index (χ4v) is 12.9. The Bertz CT molecular complexity index is 4140. The molecule has 1 aromatic heterocycles. The van der Waals surface area contributed by atoms with Crippen molar-refractivity contribution in [2.24, 2.45) is 30.7 Å². The lowest BCUT2D eigenvalue weighted by atomic mass is 10.2. The minimum Gasteiger partial charge on any atom is -0.479 e. The van der Waals surface area contributed by atoms with E-state index < -0.39 is 99.9 Å². The van der Waals surface area contributed by atoms with E-state index >= 15 is 0 Å². The fraction of sp³-hybridized carbons (Fsp3) is 0.250. The molecule has 0 aliphatic carbocycles. The van der Waals surface area contributed by atoms with Gasteiger partial charge in [-0.05, 0) is 122 Å². The van der Waals surface area contributed by atoms with Crippen molar-refractivity contribution in [3.63, 3.8) is 0 Å². The van der Waals surface area contributed by atoms with Gasteiger partial charge in [-0.2, -0.15) is 67.3 Å². The standard InChI is InChI=1S/C44H47N13O18S8/c1-25-17-30(45)38(76-11-4-14-79(61,62)63)22-32(25)53-56-37-21-34(47-43-48-42(49-44(58)50-43)46-27-7-3-8-29(19-27)82(70,71)72)35(24-40(37)78-13-6-16-81(67,68)69)54-55-36-18-26(2)33(23-39(36)77-12-5-15-80(64,65)66)52-51-31-10-9-28(57(59)60)20-41(31)83(73,74)75/h3,7-10,17-24H,4-6,11-16,45H2,1-2H3,(H,61,62,63)(H,64,65,66)(H,67,68,69)(H,70,71,72)(H,73,74,75)(H3,46,47,48,49,50,58). The number of aromatic nitrogens is 3. The Labute approximate surface area is 486 Å². The Morgan fingerprint density at radius 2 is 1.01 bits per heavy atom. The summed E-state index contributed by atoms with van der Waals surface area (Å²) in [6.45, 7) is 3.23. The van der Waals surface area contributed by atoms with Crippen LogP contribution in [-0.4, -0.2) is 124 Å². The predicted octanol–water partition coefficient (Wildman–Crippen LogP) is 10.0. The molecule has 83 heavy (non-hydrogen) atoms. The molecule has 6 rings (SSSR count). The molecule has 0 aliphatic rings. The molecule has 0 atom stereocenters. The summed E-state index contributed by atoms with van der Waals surface area (Å²) in [5.74, 6) is -2.13. The van der Waals surface area contributed by atoms with E-state index in [0.717, 1.165) is 47.8 Å². The smallest absolute Gasteiger partial charge is 0.320 e. The Kier molecular flexibility index (Phi) is 21.8. The lowest BCUT2D eigenvalue weighted by Crippen LogP contribution is -2.05. The van der Waals surface area contributed by atoms with Gasteiger partial charge in [-0.15, -0.1) is 55.7 Å². The first-order valence-corrected chi connectivity index (χ1v) is 33.9. The number of hydrogen-bond acceptors (Lipinski definition) is 28. The molecule has 444 valence electrons. The first kappa shape index (κ1) is 65.3. The number of azo groups is 3. The highest BCUT2D eigenvalue weighted by Gasteiger charge is 2.22. The molecule has 0 unspecified atom stereocenters. The summed E-state index contributed by atoms with van der Waals surface area (Å²) < 4.78 is 165. The SMILES string of the molecule is Cc1cc(N)c(SCCCS(=O)(=O)O)cc1N=Nc1cc(Nc2nc(O)nc(Nc3cccc(S(=O)(=O)O)c3)n2)c(N=Nc2cc(C)c(N=Nc3ccc([N+](=O)[O-])cc3S(=O)(=O)O)cc2SCCCS(=O)(=O)O)cc1SCCCS(=O)(=O)O. The summed E-state index contributed by atoms with van der Waals surface area (Å²) in [4.78, 5) is 22.2. The third kappa shape index (κ3) is 20.7. The van der Waals surface area contributed by atoms with Crippen molar-refractivity contribution < 1.29 is 74.9 Å². The molecule has 6 aromatic rings. The number of rotatable bonds is 28. The first-order chi connectivity index (χ1) is 38.7. The Morgan fingerprint density at radius 1 is 0.542 bits per heavy atom. The highest BCUT2D eigenvalue weighted by Crippen LogP contribution is 2.44. The summed E-state index contributed by atoms with van der Waals surface area (Å²) in [5.41, 5.74) is 6.81. The van der Waals surface area contributed by atoms with Gasteiger partial charge >= 0.3 is 6.01 Å². The second-order valence-corrected chi connectivity index (χ2v) is 28.0. The van der Waals surface area contributed by atoms with Crippen LogP contribution in [0, 0.1) is 24.0 Å². The van der Waals surface area contributed by atoms with Crippen LogP contribution in [0.4, 0.5) is 68.8 Å². The van der Waals surface area contributed by atoms with Crippen LogP contribution < -0.4 is 16.4 Å². The molecule has 0 saturated heterocycles. The number of aryl methyl sites for hydroxylation is 2. The number of benzene rings is 5. The van der Waals surface area contributed by atoms with E-state index in [2.05, 4.69) is 56.3 Å². The van der Waals surface area contributed by atoms with Crippen molar-refractivity contribution in [3.8, 4) is 6.01 Å². The molecule has 0 fully saturated rings. The van der Waals surface area contributed by atoms with Crippen molar-refractivity contribution in [2.45, 2.75) is 57.6 Å². The van der Waals surface area contributed by atoms with Gasteiger partial charge in [0, 0.05) is 38.2 Å². The number of nitro benzene ring substituents is 1. The van der Waals surface area contributed by atoms with Gasteiger partial charge < -0.3 is 21.5 Å². The van der Waals surface area contributed by atoms with Crippen molar-refractivity contribution in [1.29, 1.82) is 0 Å².